The average Bonchev–Trinajstić information content (AvgIpc) is 3.02. The van der Waals surface area contributed by atoms with Gasteiger partial charge in [0.15, 0.2) is 0 Å². The Kier molecular flexibility index (Phi) is 7.67. The zero-order valence-electron chi connectivity index (χ0n) is 18.1. The molecule has 0 aromatic heterocycles. The number of hydrogen-bond donors (Lipinski definition) is 2. The monoisotopic (exact) mass is 400 g/mol. The van der Waals surface area contributed by atoms with Crippen LogP contribution in [0, 0.1) is 5.92 Å². The highest BCUT2D eigenvalue weighted by atomic mass is 16.2. The highest BCUT2D eigenvalue weighted by molar-refractivity contribution is 5.89. The van der Waals surface area contributed by atoms with Crippen LogP contribution in [0.25, 0.3) is 0 Å². The average molecular weight is 401 g/mol. The second kappa shape index (κ2) is 10.2. The minimum absolute atomic E-state index is 0.0547. The molecular weight excluding hydrogens is 364 g/mol. The number of likely N-dealkylation sites (tertiary alicyclic amines) is 2. The van der Waals surface area contributed by atoms with Gasteiger partial charge < -0.3 is 20.4 Å². The summed E-state index contributed by atoms with van der Waals surface area (Å²) in [6.07, 6.45) is 4.51. The van der Waals surface area contributed by atoms with Crippen LogP contribution in [0.1, 0.15) is 38.7 Å². The molecule has 0 aliphatic carbocycles. The summed E-state index contributed by atoms with van der Waals surface area (Å²) in [6, 6.07) is 10.1. The molecule has 6 heteroatoms. The molecule has 2 aliphatic rings. The number of fused-ring (bicyclic) bond motifs is 1. The van der Waals surface area contributed by atoms with Gasteiger partial charge in [-0.25, -0.2) is 0 Å². The summed E-state index contributed by atoms with van der Waals surface area (Å²) in [5.41, 5.74) is 1.36. The first kappa shape index (κ1) is 21.8. The van der Waals surface area contributed by atoms with Crippen molar-refractivity contribution in [2.45, 2.75) is 57.7 Å². The predicted octanol–water partition coefficient (Wildman–Crippen LogP) is 1.65. The smallest absolute Gasteiger partial charge is 0.245 e. The summed E-state index contributed by atoms with van der Waals surface area (Å²) < 4.78 is 0. The normalized spacial score (nSPS) is 24.4. The van der Waals surface area contributed by atoms with Gasteiger partial charge in [-0.2, -0.15) is 0 Å². The lowest BCUT2D eigenvalue weighted by atomic mass is 9.96. The molecule has 0 spiro atoms. The van der Waals surface area contributed by atoms with Gasteiger partial charge in [-0.3, -0.25) is 9.59 Å². The molecule has 3 rings (SSSR count). The molecular formula is C23H36N4O2. The minimum atomic E-state index is -0.488. The van der Waals surface area contributed by atoms with Gasteiger partial charge in [-0.1, -0.05) is 30.3 Å². The molecule has 2 aliphatic heterocycles. The van der Waals surface area contributed by atoms with Crippen LogP contribution in [0.5, 0.6) is 0 Å². The van der Waals surface area contributed by atoms with Gasteiger partial charge in [0.05, 0.1) is 6.04 Å². The Balaban J connectivity index is 1.59. The number of nitrogens with one attached hydrogen (secondary N) is 2. The van der Waals surface area contributed by atoms with E-state index in [9.17, 15) is 9.59 Å². The highest BCUT2D eigenvalue weighted by Crippen LogP contribution is 2.32. The third-order valence-electron chi connectivity index (χ3n) is 6.58. The van der Waals surface area contributed by atoms with Crippen LogP contribution in [0.4, 0.5) is 0 Å². The van der Waals surface area contributed by atoms with Gasteiger partial charge >= 0.3 is 0 Å². The quantitative estimate of drug-likeness (QED) is 0.731. The second-order valence-corrected chi connectivity index (χ2v) is 8.57. The fourth-order valence-electron chi connectivity index (χ4n) is 4.62. The zero-order chi connectivity index (χ0) is 20.8. The van der Waals surface area contributed by atoms with Crippen LogP contribution in [-0.4, -0.2) is 73.0 Å². The molecule has 0 bridgehead atoms. The fraction of sp³-hybridized carbons (Fsp3) is 0.652. The fourth-order valence-corrected chi connectivity index (χ4v) is 4.62. The Labute approximate surface area is 175 Å². The molecule has 2 amide bonds. The lowest BCUT2D eigenvalue weighted by molar-refractivity contribution is -0.137. The predicted molar refractivity (Wildman–Crippen MR) is 116 cm³/mol. The van der Waals surface area contributed by atoms with Crippen molar-refractivity contribution in [2.75, 3.05) is 33.2 Å². The van der Waals surface area contributed by atoms with E-state index in [4.69, 9.17) is 0 Å². The summed E-state index contributed by atoms with van der Waals surface area (Å²) in [6.45, 7) is 7.49. The lowest BCUT2D eigenvalue weighted by Gasteiger charge is -2.33. The van der Waals surface area contributed by atoms with Crippen molar-refractivity contribution in [1.29, 1.82) is 0 Å². The number of amides is 2. The number of carbonyl (C=O) groups is 2. The molecule has 0 saturated carbocycles. The largest absolute Gasteiger partial charge is 0.343 e. The summed E-state index contributed by atoms with van der Waals surface area (Å²) in [5, 5.41) is 5.79. The minimum Gasteiger partial charge on any atom is -0.343 e. The van der Waals surface area contributed by atoms with Crippen molar-refractivity contribution in [2.24, 2.45) is 5.92 Å². The molecule has 1 aromatic carbocycles. The number of likely N-dealkylation sites (N-methyl/N-ethyl adjacent to an activating group) is 1. The first-order chi connectivity index (χ1) is 14.0. The maximum Gasteiger partial charge on any atom is 0.245 e. The van der Waals surface area contributed by atoms with Crippen molar-refractivity contribution in [3.05, 3.63) is 35.9 Å². The lowest BCUT2D eigenvalue weighted by Crippen LogP contribution is -2.54. The SMILES string of the molecule is CN[C@@H](C)C(=O)NC(C)C(=O)N1CC[C@H]2CCCN(CCc3ccccc3)C[C@H]21. The molecule has 2 fully saturated rings. The maximum absolute atomic E-state index is 13.1. The van der Waals surface area contributed by atoms with E-state index >= 15 is 0 Å². The van der Waals surface area contributed by atoms with E-state index in [1.54, 1.807) is 20.9 Å². The second-order valence-electron chi connectivity index (χ2n) is 8.57. The van der Waals surface area contributed by atoms with Crippen LogP contribution in [0.3, 0.4) is 0 Å². The summed E-state index contributed by atoms with van der Waals surface area (Å²) >= 11 is 0. The van der Waals surface area contributed by atoms with Gasteiger partial charge in [0.25, 0.3) is 0 Å². The van der Waals surface area contributed by atoms with Crippen LogP contribution in [-0.2, 0) is 16.0 Å². The molecule has 6 nitrogen and oxygen atoms in total. The van der Waals surface area contributed by atoms with Crippen molar-refractivity contribution in [1.82, 2.24) is 20.4 Å². The molecule has 29 heavy (non-hydrogen) atoms. The Hall–Kier alpha value is -1.92. The van der Waals surface area contributed by atoms with E-state index in [-0.39, 0.29) is 23.9 Å². The number of nitrogens with zero attached hydrogens (tertiary/aromatic N) is 2. The number of rotatable bonds is 7. The van der Waals surface area contributed by atoms with Crippen molar-refractivity contribution in [3.63, 3.8) is 0 Å². The third kappa shape index (κ3) is 5.58. The van der Waals surface area contributed by atoms with Gasteiger partial charge in [0.2, 0.25) is 11.8 Å². The first-order valence-corrected chi connectivity index (χ1v) is 11.0. The van der Waals surface area contributed by atoms with E-state index < -0.39 is 6.04 Å². The van der Waals surface area contributed by atoms with Crippen molar-refractivity contribution >= 4 is 11.8 Å². The maximum atomic E-state index is 13.1. The molecule has 2 N–H and O–H groups in total. The number of hydrogen-bond acceptors (Lipinski definition) is 4. The third-order valence-corrected chi connectivity index (χ3v) is 6.58. The number of benzene rings is 1. The molecule has 2 heterocycles. The van der Waals surface area contributed by atoms with Crippen LogP contribution >= 0.6 is 0 Å². The molecule has 2 saturated heterocycles. The van der Waals surface area contributed by atoms with Crippen LogP contribution in [0.15, 0.2) is 30.3 Å². The zero-order valence-corrected chi connectivity index (χ0v) is 18.1. The van der Waals surface area contributed by atoms with Gasteiger partial charge in [-0.05, 0) is 64.6 Å². The Bertz CT molecular complexity index is 681. The van der Waals surface area contributed by atoms with E-state index in [0.717, 1.165) is 39.0 Å². The summed E-state index contributed by atoms with van der Waals surface area (Å²) in [7, 11) is 1.75. The first-order valence-electron chi connectivity index (χ1n) is 11.0. The summed E-state index contributed by atoms with van der Waals surface area (Å²) in [4.78, 5) is 29.8. The molecule has 4 atom stereocenters. The molecule has 160 valence electrons. The van der Waals surface area contributed by atoms with E-state index in [2.05, 4.69) is 45.9 Å². The van der Waals surface area contributed by atoms with Gasteiger partial charge in [0, 0.05) is 25.7 Å². The van der Waals surface area contributed by atoms with Crippen LogP contribution in [0.2, 0.25) is 0 Å². The van der Waals surface area contributed by atoms with E-state index in [0.29, 0.717) is 5.92 Å². The summed E-state index contributed by atoms with van der Waals surface area (Å²) in [5.74, 6) is 0.508. The van der Waals surface area contributed by atoms with Crippen molar-refractivity contribution in [3.8, 4) is 0 Å². The van der Waals surface area contributed by atoms with Crippen molar-refractivity contribution < 1.29 is 9.59 Å². The van der Waals surface area contributed by atoms with E-state index in [1.165, 1.54) is 18.4 Å². The van der Waals surface area contributed by atoms with Crippen LogP contribution < -0.4 is 10.6 Å². The highest BCUT2D eigenvalue weighted by Gasteiger charge is 2.40. The standard InChI is InChI=1S/C23H36N4O2/c1-17(24-3)22(28)25-18(2)23(29)27-15-12-20-10-7-13-26(16-21(20)27)14-11-19-8-5-4-6-9-19/h4-6,8-9,17-18,20-21,24H,7,10-16H2,1-3H3,(H,25,28)/t17-,18?,20+,21+/m0/s1. The van der Waals surface area contributed by atoms with Gasteiger partial charge in [0.1, 0.15) is 6.04 Å². The number of carbonyl (C=O) groups excluding carboxylic acids is 2. The Morgan fingerprint density at radius 1 is 1.10 bits per heavy atom. The molecule has 0 radical (unpaired) electrons. The Morgan fingerprint density at radius 3 is 2.59 bits per heavy atom. The topological polar surface area (TPSA) is 64.7 Å². The Morgan fingerprint density at radius 2 is 1.86 bits per heavy atom. The van der Waals surface area contributed by atoms with E-state index in [1.807, 2.05) is 4.90 Å². The van der Waals surface area contributed by atoms with Gasteiger partial charge in [-0.15, -0.1) is 0 Å². The molecule has 1 aromatic rings. The molecule has 1 unspecified atom stereocenters.